The molecule has 0 amide bonds. The molecule has 0 aromatic heterocycles. The quantitative estimate of drug-likeness (QED) is 0.577. The number of ether oxygens (including phenoxy) is 1. The summed E-state index contributed by atoms with van der Waals surface area (Å²) < 4.78 is 12.7. The standard InChI is InChI=1S/C22H35O2Si/c1-15(2)18-20(23-14-13-22(18,6)7)16-11-10-12-17(21(3,4)5)19(16)24-25(8)9/h10-12,15H,13-14H2,1-9H3. The summed E-state index contributed by atoms with van der Waals surface area (Å²) in [6.45, 7) is 21.1. The molecule has 1 aromatic rings. The van der Waals surface area contributed by atoms with Crippen molar-refractivity contribution in [2.45, 2.75) is 73.4 Å². The number of rotatable bonds is 4. The summed E-state index contributed by atoms with van der Waals surface area (Å²) in [4.78, 5) is 0. The summed E-state index contributed by atoms with van der Waals surface area (Å²) in [7, 11) is -0.872. The molecule has 1 heterocycles. The van der Waals surface area contributed by atoms with Crippen LogP contribution in [0.4, 0.5) is 0 Å². The molecular weight excluding hydrogens is 324 g/mol. The zero-order valence-corrected chi connectivity index (χ0v) is 18.5. The maximum atomic E-state index is 6.44. The van der Waals surface area contributed by atoms with E-state index in [2.05, 4.69) is 79.8 Å². The zero-order chi connectivity index (χ0) is 19.0. The lowest BCUT2D eigenvalue weighted by Crippen LogP contribution is -2.28. The molecular formula is C22H35O2Si. The lowest BCUT2D eigenvalue weighted by molar-refractivity contribution is 0.180. The van der Waals surface area contributed by atoms with Crippen LogP contribution < -0.4 is 4.43 Å². The minimum Gasteiger partial charge on any atom is -0.542 e. The van der Waals surface area contributed by atoms with Crippen molar-refractivity contribution < 1.29 is 9.16 Å². The van der Waals surface area contributed by atoms with E-state index in [9.17, 15) is 0 Å². The van der Waals surface area contributed by atoms with Gasteiger partial charge in [0.15, 0.2) is 0 Å². The minimum absolute atomic E-state index is 0.0331. The average Bonchev–Trinajstić information content (AvgIpc) is 2.43. The smallest absolute Gasteiger partial charge is 0.274 e. The van der Waals surface area contributed by atoms with Gasteiger partial charge in [0, 0.05) is 0 Å². The van der Waals surface area contributed by atoms with Gasteiger partial charge in [0.2, 0.25) is 0 Å². The van der Waals surface area contributed by atoms with Gasteiger partial charge in [0.05, 0.1) is 12.2 Å². The van der Waals surface area contributed by atoms with E-state index in [1.807, 2.05) is 0 Å². The highest BCUT2D eigenvalue weighted by Crippen LogP contribution is 2.47. The van der Waals surface area contributed by atoms with Crippen LogP contribution in [-0.2, 0) is 10.2 Å². The van der Waals surface area contributed by atoms with Crippen molar-refractivity contribution in [1.82, 2.24) is 0 Å². The van der Waals surface area contributed by atoms with Gasteiger partial charge in [-0.2, -0.15) is 0 Å². The van der Waals surface area contributed by atoms with E-state index in [4.69, 9.17) is 9.16 Å². The molecule has 2 nitrogen and oxygen atoms in total. The van der Waals surface area contributed by atoms with E-state index >= 15 is 0 Å². The predicted molar refractivity (Wildman–Crippen MR) is 109 cm³/mol. The van der Waals surface area contributed by atoms with Gasteiger partial charge in [0.25, 0.3) is 9.04 Å². The highest BCUT2D eigenvalue weighted by Gasteiger charge is 2.35. The lowest BCUT2D eigenvalue weighted by atomic mass is 9.73. The fourth-order valence-corrected chi connectivity index (χ4v) is 4.44. The third kappa shape index (κ3) is 4.31. The Balaban J connectivity index is 2.76. The van der Waals surface area contributed by atoms with Crippen LogP contribution in [0.5, 0.6) is 5.75 Å². The molecule has 0 spiro atoms. The van der Waals surface area contributed by atoms with Gasteiger partial charge in [-0.05, 0) is 53.5 Å². The highest BCUT2D eigenvalue weighted by atomic mass is 28.3. The molecule has 0 saturated heterocycles. The molecule has 0 unspecified atom stereocenters. The molecule has 0 aliphatic carbocycles. The summed E-state index contributed by atoms with van der Waals surface area (Å²) in [6, 6.07) is 6.53. The summed E-state index contributed by atoms with van der Waals surface area (Å²) in [5.74, 6) is 2.53. The van der Waals surface area contributed by atoms with Crippen LogP contribution in [0.3, 0.4) is 0 Å². The molecule has 0 saturated carbocycles. The first-order valence-electron chi connectivity index (χ1n) is 9.44. The largest absolute Gasteiger partial charge is 0.542 e. The Morgan fingerprint density at radius 1 is 1.16 bits per heavy atom. The van der Waals surface area contributed by atoms with E-state index in [-0.39, 0.29) is 10.8 Å². The number of hydrogen-bond donors (Lipinski definition) is 0. The maximum Gasteiger partial charge on any atom is 0.274 e. The molecule has 139 valence electrons. The van der Waals surface area contributed by atoms with Gasteiger partial charge in [-0.15, -0.1) is 0 Å². The predicted octanol–water partition coefficient (Wildman–Crippen LogP) is 6.43. The molecule has 3 heteroatoms. The van der Waals surface area contributed by atoms with Crippen LogP contribution in [0.25, 0.3) is 5.76 Å². The number of allylic oxidation sites excluding steroid dienone is 1. The van der Waals surface area contributed by atoms with Gasteiger partial charge >= 0.3 is 0 Å². The Labute approximate surface area is 156 Å². The summed E-state index contributed by atoms with van der Waals surface area (Å²) in [5.41, 5.74) is 4.00. The lowest BCUT2D eigenvalue weighted by Gasteiger charge is -2.38. The number of benzene rings is 1. The van der Waals surface area contributed by atoms with Crippen molar-refractivity contribution in [3.63, 3.8) is 0 Å². The Morgan fingerprint density at radius 2 is 1.80 bits per heavy atom. The van der Waals surface area contributed by atoms with Gasteiger partial charge in [-0.1, -0.05) is 60.6 Å². The number of hydrogen-bond acceptors (Lipinski definition) is 2. The summed E-state index contributed by atoms with van der Waals surface area (Å²) >= 11 is 0. The average molecular weight is 360 g/mol. The Bertz CT molecular complexity index is 648. The van der Waals surface area contributed by atoms with Crippen LogP contribution in [0, 0.1) is 11.3 Å². The van der Waals surface area contributed by atoms with Crippen molar-refractivity contribution in [1.29, 1.82) is 0 Å². The van der Waals surface area contributed by atoms with Crippen molar-refractivity contribution in [2.75, 3.05) is 6.61 Å². The van der Waals surface area contributed by atoms with E-state index in [1.54, 1.807) is 0 Å². The SMILES string of the molecule is CC(C)C1=C(c2cccc(C(C)(C)C)c2O[Si](C)C)OCCC1(C)C. The molecule has 2 rings (SSSR count). The van der Waals surface area contributed by atoms with Gasteiger partial charge in [-0.3, -0.25) is 0 Å². The second-order valence-corrected chi connectivity index (χ2v) is 11.3. The van der Waals surface area contributed by atoms with Crippen LogP contribution in [0.15, 0.2) is 23.8 Å². The van der Waals surface area contributed by atoms with Gasteiger partial charge in [0.1, 0.15) is 11.5 Å². The molecule has 1 radical (unpaired) electrons. The van der Waals surface area contributed by atoms with E-state index < -0.39 is 9.04 Å². The third-order valence-corrected chi connectivity index (χ3v) is 5.51. The van der Waals surface area contributed by atoms with Crippen LogP contribution in [-0.4, -0.2) is 15.6 Å². The second-order valence-electron chi connectivity index (χ2n) is 9.32. The van der Waals surface area contributed by atoms with Crippen LogP contribution >= 0.6 is 0 Å². The monoisotopic (exact) mass is 359 g/mol. The van der Waals surface area contributed by atoms with Gasteiger partial charge < -0.3 is 9.16 Å². The highest BCUT2D eigenvalue weighted by molar-refractivity contribution is 6.49. The molecule has 0 atom stereocenters. The first-order chi connectivity index (χ1) is 11.4. The normalized spacial score (nSPS) is 17.9. The molecule has 25 heavy (non-hydrogen) atoms. The topological polar surface area (TPSA) is 18.5 Å². The summed E-state index contributed by atoms with van der Waals surface area (Å²) in [5, 5.41) is 0. The Morgan fingerprint density at radius 3 is 2.32 bits per heavy atom. The van der Waals surface area contributed by atoms with Gasteiger partial charge in [-0.25, -0.2) is 0 Å². The van der Waals surface area contributed by atoms with Crippen LogP contribution in [0.1, 0.15) is 66.0 Å². The van der Waals surface area contributed by atoms with E-state index in [0.717, 1.165) is 30.1 Å². The van der Waals surface area contributed by atoms with Crippen molar-refractivity contribution in [2.24, 2.45) is 11.3 Å². The second kappa shape index (κ2) is 7.18. The fraction of sp³-hybridized carbons (Fsp3) is 0.636. The van der Waals surface area contributed by atoms with Crippen LogP contribution in [0.2, 0.25) is 13.1 Å². The minimum atomic E-state index is -0.872. The van der Waals surface area contributed by atoms with Crippen molar-refractivity contribution >= 4 is 14.8 Å². The molecule has 0 bridgehead atoms. The Kier molecular flexibility index (Phi) is 5.77. The Hall–Kier alpha value is -1.22. The molecule has 1 aliphatic rings. The molecule has 0 N–H and O–H groups in total. The van der Waals surface area contributed by atoms with Crippen molar-refractivity contribution in [3.05, 3.63) is 34.9 Å². The molecule has 1 aromatic carbocycles. The fourth-order valence-electron chi connectivity index (χ4n) is 3.82. The van der Waals surface area contributed by atoms with E-state index in [1.165, 1.54) is 11.1 Å². The number of para-hydroxylation sites is 1. The first-order valence-corrected chi connectivity index (χ1v) is 11.9. The maximum absolute atomic E-state index is 6.44. The molecule has 0 fully saturated rings. The first kappa shape index (κ1) is 20.1. The molecule has 1 aliphatic heterocycles. The van der Waals surface area contributed by atoms with E-state index in [0.29, 0.717) is 5.92 Å². The zero-order valence-electron chi connectivity index (χ0n) is 17.5. The van der Waals surface area contributed by atoms with Crippen molar-refractivity contribution in [3.8, 4) is 5.75 Å². The summed E-state index contributed by atoms with van der Waals surface area (Å²) in [6.07, 6.45) is 1.07. The third-order valence-electron chi connectivity index (χ3n) is 4.90.